The average molecular weight is 195 g/mol. The third-order valence-corrected chi connectivity index (χ3v) is 2.23. The molecular weight excluding hydrogens is 185 g/mol. The number of ether oxygens (including phenoxy) is 1. The fraction of sp³-hybridized carbons (Fsp3) is 0.400. The summed E-state index contributed by atoms with van der Waals surface area (Å²) in [5.74, 6) is -0.557. The Hall–Kier alpha value is -1.45. The van der Waals surface area contributed by atoms with Crippen molar-refractivity contribution in [2.75, 3.05) is 0 Å². The van der Waals surface area contributed by atoms with Gasteiger partial charge < -0.3 is 4.74 Å². The van der Waals surface area contributed by atoms with E-state index in [0.29, 0.717) is 0 Å². The lowest BCUT2D eigenvalue weighted by molar-refractivity contribution is -0.142. The molecule has 2 atom stereocenters. The molecule has 1 aromatic rings. The van der Waals surface area contributed by atoms with Gasteiger partial charge in [0, 0.05) is 19.0 Å². The Balaban J connectivity index is 1.99. The summed E-state index contributed by atoms with van der Waals surface area (Å²) in [5, 5.41) is 0. The Bertz CT molecular complexity index is 350. The van der Waals surface area contributed by atoms with E-state index >= 15 is 0 Å². The number of pyridine rings is 1. The third kappa shape index (κ3) is 1.89. The largest absolute Gasteiger partial charge is 0.462 e. The molecular formula is C10H10FNO2. The lowest BCUT2D eigenvalue weighted by atomic mass is 10.2. The molecule has 0 spiro atoms. The molecule has 0 radical (unpaired) electrons. The topological polar surface area (TPSA) is 39.2 Å². The Kier molecular flexibility index (Phi) is 2.19. The van der Waals surface area contributed by atoms with Gasteiger partial charge in [0.25, 0.3) is 0 Å². The molecule has 1 aliphatic rings. The van der Waals surface area contributed by atoms with Crippen molar-refractivity contribution in [3.63, 3.8) is 0 Å². The van der Waals surface area contributed by atoms with Crippen molar-refractivity contribution in [3.8, 4) is 0 Å². The zero-order valence-electron chi connectivity index (χ0n) is 7.74. The third-order valence-electron chi connectivity index (χ3n) is 2.23. The van der Waals surface area contributed by atoms with Crippen LogP contribution in [0.2, 0.25) is 0 Å². The number of rotatable bonds is 2. The van der Waals surface area contributed by atoms with E-state index < -0.39 is 5.95 Å². The summed E-state index contributed by atoms with van der Waals surface area (Å²) in [6.07, 6.45) is 2.26. The van der Waals surface area contributed by atoms with E-state index in [0.717, 1.165) is 12.0 Å². The lowest BCUT2D eigenvalue weighted by Crippen LogP contribution is -2.02. The van der Waals surface area contributed by atoms with Crippen LogP contribution in [0.1, 0.15) is 24.8 Å². The van der Waals surface area contributed by atoms with Crippen LogP contribution in [-0.2, 0) is 9.53 Å². The minimum Gasteiger partial charge on any atom is -0.462 e. The zero-order valence-corrected chi connectivity index (χ0v) is 7.74. The van der Waals surface area contributed by atoms with Crippen LogP contribution in [0, 0.1) is 5.95 Å². The minimum atomic E-state index is -0.488. The van der Waals surface area contributed by atoms with Gasteiger partial charge in [0.05, 0.1) is 0 Å². The first-order chi connectivity index (χ1) is 6.66. The summed E-state index contributed by atoms with van der Waals surface area (Å²) in [4.78, 5) is 14.2. The molecule has 14 heavy (non-hydrogen) atoms. The maximum atomic E-state index is 12.5. The average Bonchev–Trinajstić information content (AvgIpc) is 2.84. The smallest absolute Gasteiger partial charge is 0.302 e. The number of hydrogen-bond donors (Lipinski definition) is 0. The van der Waals surface area contributed by atoms with Crippen LogP contribution in [0.4, 0.5) is 4.39 Å². The van der Waals surface area contributed by atoms with E-state index in [1.165, 1.54) is 19.2 Å². The van der Waals surface area contributed by atoms with E-state index in [9.17, 15) is 9.18 Å². The number of hydrogen-bond acceptors (Lipinski definition) is 3. The van der Waals surface area contributed by atoms with Crippen LogP contribution >= 0.6 is 0 Å². The first kappa shape index (κ1) is 9.12. The molecule has 4 heteroatoms. The van der Waals surface area contributed by atoms with E-state index in [1.807, 2.05) is 0 Å². The standard InChI is InChI=1S/C10H10FNO2/c1-6(13)14-9-4-8(9)7-2-3-10(11)12-5-7/h2-3,5,8-9H,4H2,1H3. The van der Waals surface area contributed by atoms with Crippen molar-refractivity contribution in [3.05, 3.63) is 29.8 Å². The SMILES string of the molecule is CC(=O)OC1CC1c1ccc(F)nc1. The number of carbonyl (C=O) groups is 1. The van der Waals surface area contributed by atoms with E-state index in [4.69, 9.17) is 4.74 Å². The van der Waals surface area contributed by atoms with Crippen molar-refractivity contribution in [1.82, 2.24) is 4.98 Å². The normalized spacial score (nSPS) is 24.4. The second kappa shape index (κ2) is 3.36. The van der Waals surface area contributed by atoms with Gasteiger partial charge in [-0.25, -0.2) is 4.98 Å². The van der Waals surface area contributed by atoms with E-state index in [-0.39, 0.29) is 18.0 Å². The number of nitrogens with zero attached hydrogens (tertiary/aromatic N) is 1. The summed E-state index contributed by atoms with van der Waals surface area (Å²) in [5.41, 5.74) is 0.928. The van der Waals surface area contributed by atoms with Crippen molar-refractivity contribution in [1.29, 1.82) is 0 Å². The number of carbonyl (C=O) groups excluding carboxylic acids is 1. The predicted molar refractivity (Wildman–Crippen MR) is 47.1 cm³/mol. The van der Waals surface area contributed by atoms with Gasteiger partial charge in [-0.05, 0) is 18.1 Å². The second-order valence-corrected chi connectivity index (χ2v) is 3.40. The Morgan fingerprint density at radius 3 is 3.00 bits per heavy atom. The monoisotopic (exact) mass is 195 g/mol. The van der Waals surface area contributed by atoms with Crippen molar-refractivity contribution in [2.45, 2.75) is 25.4 Å². The molecule has 1 aliphatic carbocycles. The molecule has 0 aromatic carbocycles. The molecule has 0 saturated heterocycles. The molecule has 0 amide bonds. The molecule has 1 saturated carbocycles. The summed E-state index contributed by atoms with van der Waals surface area (Å²) in [6.45, 7) is 1.39. The van der Waals surface area contributed by atoms with E-state index in [1.54, 1.807) is 6.07 Å². The summed E-state index contributed by atoms with van der Waals surface area (Å²) < 4.78 is 17.5. The number of esters is 1. The summed E-state index contributed by atoms with van der Waals surface area (Å²) in [7, 11) is 0. The van der Waals surface area contributed by atoms with Crippen molar-refractivity contribution >= 4 is 5.97 Å². The molecule has 2 unspecified atom stereocenters. The first-order valence-electron chi connectivity index (χ1n) is 4.45. The minimum absolute atomic E-state index is 0.0419. The van der Waals surface area contributed by atoms with Crippen LogP contribution in [0.15, 0.2) is 18.3 Å². The zero-order chi connectivity index (χ0) is 10.1. The van der Waals surface area contributed by atoms with Crippen LogP contribution < -0.4 is 0 Å². The Morgan fingerprint density at radius 2 is 2.43 bits per heavy atom. The molecule has 74 valence electrons. The van der Waals surface area contributed by atoms with E-state index in [2.05, 4.69) is 4.98 Å². The Morgan fingerprint density at radius 1 is 1.64 bits per heavy atom. The highest BCUT2D eigenvalue weighted by molar-refractivity contribution is 5.66. The highest BCUT2D eigenvalue weighted by atomic mass is 19.1. The van der Waals surface area contributed by atoms with Crippen LogP contribution in [-0.4, -0.2) is 17.1 Å². The molecule has 0 bridgehead atoms. The van der Waals surface area contributed by atoms with Crippen molar-refractivity contribution in [2.24, 2.45) is 0 Å². The molecule has 1 fully saturated rings. The molecule has 3 nitrogen and oxygen atoms in total. The van der Waals surface area contributed by atoms with Gasteiger partial charge >= 0.3 is 5.97 Å². The molecule has 0 N–H and O–H groups in total. The van der Waals surface area contributed by atoms with Gasteiger partial charge in [0.2, 0.25) is 5.95 Å². The quantitative estimate of drug-likeness (QED) is 0.532. The fourth-order valence-electron chi connectivity index (χ4n) is 1.47. The van der Waals surface area contributed by atoms with Gasteiger partial charge in [-0.2, -0.15) is 4.39 Å². The fourth-order valence-corrected chi connectivity index (χ4v) is 1.47. The lowest BCUT2D eigenvalue weighted by Gasteiger charge is -2.00. The highest BCUT2D eigenvalue weighted by Gasteiger charge is 2.41. The van der Waals surface area contributed by atoms with Gasteiger partial charge in [-0.1, -0.05) is 6.07 Å². The summed E-state index contributed by atoms with van der Waals surface area (Å²) in [6, 6.07) is 3.00. The van der Waals surface area contributed by atoms with Crippen molar-refractivity contribution < 1.29 is 13.9 Å². The van der Waals surface area contributed by atoms with Crippen LogP contribution in [0.5, 0.6) is 0 Å². The van der Waals surface area contributed by atoms with Crippen LogP contribution in [0.25, 0.3) is 0 Å². The molecule has 1 heterocycles. The highest BCUT2D eigenvalue weighted by Crippen LogP contribution is 2.42. The number of aromatic nitrogens is 1. The maximum Gasteiger partial charge on any atom is 0.302 e. The molecule has 2 rings (SSSR count). The predicted octanol–water partition coefficient (Wildman–Crippen LogP) is 1.64. The molecule has 1 aromatic heterocycles. The van der Waals surface area contributed by atoms with Gasteiger partial charge in [0.15, 0.2) is 0 Å². The molecule has 0 aliphatic heterocycles. The van der Waals surface area contributed by atoms with Gasteiger partial charge in [-0.3, -0.25) is 4.79 Å². The van der Waals surface area contributed by atoms with Gasteiger partial charge in [0.1, 0.15) is 6.10 Å². The second-order valence-electron chi connectivity index (χ2n) is 3.40. The van der Waals surface area contributed by atoms with Gasteiger partial charge in [-0.15, -0.1) is 0 Å². The number of halogens is 1. The maximum absolute atomic E-state index is 12.5. The van der Waals surface area contributed by atoms with Crippen LogP contribution in [0.3, 0.4) is 0 Å². The summed E-state index contributed by atoms with van der Waals surface area (Å²) >= 11 is 0. The first-order valence-corrected chi connectivity index (χ1v) is 4.45. The Labute approximate surface area is 80.9 Å².